The van der Waals surface area contributed by atoms with E-state index in [1.165, 1.54) is 0 Å². The fourth-order valence-electron chi connectivity index (χ4n) is 3.69. The number of para-hydroxylation sites is 2. The number of nitrogens with one attached hydrogen (secondary N) is 1. The van der Waals surface area contributed by atoms with Crippen LogP contribution in [0.1, 0.15) is 48.8 Å². The summed E-state index contributed by atoms with van der Waals surface area (Å²) in [6.07, 6.45) is 2.04. The average Bonchev–Trinajstić information content (AvgIpc) is 3.16. The Bertz CT molecular complexity index is 913. The molecule has 5 nitrogen and oxygen atoms in total. The number of rotatable bonds is 5. The maximum atomic E-state index is 13.0. The van der Waals surface area contributed by atoms with Gasteiger partial charge in [0.2, 0.25) is 0 Å². The van der Waals surface area contributed by atoms with Crippen LogP contribution in [0, 0.1) is 5.92 Å². The number of piperidine rings is 1. The number of H-pyrrole nitrogens is 1. The fraction of sp³-hybridized carbons (Fsp3) is 0.391. The Morgan fingerprint density at radius 3 is 2.75 bits per heavy atom. The third kappa shape index (κ3) is 4.03. The molecule has 0 radical (unpaired) electrons. The maximum Gasteiger partial charge on any atom is 0.253 e. The first-order chi connectivity index (χ1) is 13.6. The van der Waals surface area contributed by atoms with E-state index in [4.69, 9.17) is 9.72 Å². The summed E-state index contributed by atoms with van der Waals surface area (Å²) in [7, 11) is 0. The quantitative estimate of drug-likeness (QED) is 0.706. The first kappa shape index (κ1) is 18.5. The van der Waals surface area contributed by atoms with E-state index in [0.717, 1.165) is 42.0 Å². The highest BCUT2D eigenvalue weighted by Crippen LogP contribution is 2.28. The van der Waals surface area contributed by atoms with Crippen molar-refractivity contribution in [2.45, 2.75) is 32.6 Å². The number of benzene rings is 2. The molecule has 28 heavy (non-hydrogen) atoms. The zero-order chi connectivity index (χ0) is 19.5. The molecular weight excluding hydrogens is 350 g/mol. The van der Waals surface area contributed by atoms with E-state index in [0.29, 0.717) is 24.6 Å². The average molecular weight is 377 g/mol. The minimum Gasteiger partial charge on any atom is -0.493 e. The largest absolute Gasteiger partial charge is 0.493 e. The highest BCUT2D eigenvalue weighted by molar-refractivity contribution is 5.94. The molecule has 4 rings (SSSR count). The number of imidazole rings is 1. The number of aromatic amines is 1. The maximum absolute atomic E-state index is 13.0. The van der Waals surface area contributed by atoms with Crippen molar-refractivity contribution in [2.24, 2.45) is 5.92 Å². The van der Waals surface area contributed by atoms with Gasteiger partial charge in [0, 0.05) is 24.6 Å². The number of carbonyl (C=O) groups excluding carboxylic acids is 1. The van der Waals surface area contributed by atoms with Crippen molar-refractivity contribution in [3.05, 3.63) is 59.9 Å². The van der Waals surface area contributed by atoms with Crippen LogP contribution in [0.15, 0.2) is 48.5 Å². The van der Waals surface area contributed by atoms with Gasteiger partial charge in [-0.3, -0.25) is 4.79 Å². The van der Waals surface area contributed by atoms with Gasteiger partial charge in [-0.25, -0.2) is 4.98 Å². The lowest BCUT2D eigenvalue weighted by Crippen LogP contribution is -2.39. The van der Waals surface area contributed by atoms with E-state index in [9.17, 15) is 4.79 Å². The molecule has 0 saturated carbocycles. The van der Waals surface area contributed by atoms with Crippen LogP contribution >= 0.6 is 0 Å². The van der Waals surface area contributed by atoms with Crippen LogP contribution in [-0.2, 0) is 0 Å². The molecule has 2 aromatic carbocycles. The first-order valence-electron chi connectivity index (χ1n) is 10.1. The van der Waals surface area contributed by atoms with E-state index in [2.05, 4.69) is 18.8 Å². The van der Waals surface area contributed by atoms with Crippen LogP contribution in [0.3, 0.4) is 0 Å². The summed E-state index contributed by atoms with van der Waals surface area (Å²) in [6, 6.07) is 15.6. The molecule has 0 aliphatic carbocycles. The number of carbonyl (C=O) groups is 1. The number of likely N-dealkylation sites (tertiary alicyclic amines) is 1. The molecule has 0 unspecified atom stereocenters. The topological polar surface area (TPSA) is 58.2 Å². The minimum atomic E-state index is 0.0798. The van der Waals surface area contributed by atoms with Gasteiger partial charge in [0.25, 0.3) is 5.91 Å². The molecular formula is C23H27N3O2. The molecule has 1 fully saturated rings. The molecule has 1 atom stereocenters. The standard InChI is InChI=1S/C23H27N3O2/c1-16(2)15-28-19-11-9-17(10-12-19)23(27)26-13-5-6-18(14-26)22-24-20-7-3-4-8-21(20)25-22/h3-4,7-12,16,18H,5-6,13-15H2,1-2H3,(H,24,25)/t18-/m0/s1. The van der Waals surface area contributed by atoms with Crippen molar-refractivity contribution >= 4 is 16.9 Å². The smallest absolute Gasteiger partial charge is 0.253 e. The van der Waals surface area contributed by atoms with E-state index in [-0.39, 0.29) is 11.8 Å². The molecule has 3 aromatic rings. The fourth-order valence-corrected chi connectivity index (χ4v) is 3.69. The Hall–Kier alpha value is -2.82. The number of hydrogen-bond donors (Lipinski definition) is 1. The van der Waals surface area contributed by atoms with Crippen LogP contribution in [0.4, 0.5) is 0 Å². The summed E-state index contributed by atoms with van der Waals surface area (Å²) < 4.78 is 5.71. The Kier molecular flexibility index (Phi) is 5.33. The number of amides is 1. The number of hydrogen-bond acceptors (Lipinski definition) is 3. The highest BCUT2D eigenvalue weighted by atomic mass is 16.5. The van der Waals surface area contributed by atoms with Crippen LogP contribution in [0.2, 0.25) is 0 Å². The predicted octanol–water partition coefficient (Wildman–Crippen LogP) is 4.62. The van der Waals surface area contributed by atoms with Gasteiger partial charge in [-0.2, -0.15) is 0 Å². The van der Waals surface area contributed by atoms with Gasteiger partial charge in [0.05, 0.1) is 17.6 Å². The zero-order valence-electron chi connectivity index (χ0n) is 16.5. The minimum absolute atomic E-state index is 0.0798. The molecule has 1 N–H and O–H groups in total. The van der Waals surface area contributed by atoms with Crippen molar-refractivity contribution in [1.82, 2.24) is 14.9 Å². The van der Waals surface area contributed by atoms with Gasteiger partial charge in [-0.1, -0.05) is 26.0 Å². The van der Waals surface area contributed by atoms with Crippen LogP contribution in [0.5, 0.6) is 5.75 Å². The van der Waals surface area contributed by atoms with E-state index in [1.54, 1.807) is 0 Å². The molecule has 5 heteroatoms. The molecule has 1 saturated heterocycles. The molecule has 1 aromatic heterocycles. The molecule has 1 aliphatic heterocycles. The second kappa shape index (κ2) is 8.05. The molecule has 2 heterocycles. The normalized spacial score (nSPS) is 17.2. The lowest BCUT2D eigenvalue weighted by Gasteiger charge is -2.32. The third-order valence-electron chi connectivity index (χ3n) is 5.19. The summed E-state index contributed by atoms with van der Waals surface area (Å²) in [4.78, 5) is 23.1. The Balaban J connectivity index is 1.44. The molecule has 1 aliphatic rings. The van der Waals surface area contributed by atoms with E-state index >= 15 is 0 Å². The van der Waals surface area contributed by atoms with Crippen LogP contribution in [-0.4, -0.2) is 40.5 Å². The van der Waals surface area contributed by atoms with Crippen molar-refractivity contribution in [3.63, 3.8) is 0 Å². The number of fused-ring (bicyclic) bond motifs is 1. The SMILES string of the molecule is CC(C)COc1ccc(C(=O)N2CCC[C@H](c3nc4ccccc4[nH]3)C2)cc1. The van der Waals surface area contributed by atoms with Gasteiger partial charge < -0.3 is 14.6 Å². The molecule has 0 bridgehead atoms. The second-order valence-electron chi connectivity index (χ2n) is 7.96. The zero-order valence-corrected chi connectivity index (χ0v) is 16.5. The first-order valence-corrected chi connectivity index (χ1v) is 10.1. The summed E-state index contributed by atoms with van der Waals surface area (Å²) in [5, 5.41) is 0. The summed E-state index contributed by atoms with van der Waals surface area (Å²) >= 11 is 0. The van der Waals surface area contributed by atoms with E-state index in [1.807, 2.05) is 53.4 Å². The van der Waals surface area contributed by atoms with Crippen molar-refractivity contribution in [1.29, 1.82) is 0 Å². The number of aromatic nitrogens is 2. The van der Waals surface area contributed by atoms with Crippen LogP contribution < -0.4 is 4.74 Å². The van der Waals surface area contributed by atoms with E-state index < -0.39 is 0 Å². The number of nitrogens with zero attached hydrogens (tertiary/aromatic N) is 2. The number of ether oxygens (including phenoxy) is 1. The van der Waals surface area contributed by atoms with Gasteiger partial charge in [-0.05, 0) is 55.2 Å². The van der Waals surface area contributed by atoms with Gasteiger partial charge in [0.1, 0.15) is 11.6 Å². The van der Waals surface area contributed by atoms with Gasteiger partial charge in [0.15, 0.2) is 0 Å². The summed E-state index contributed by atoms with van der Waals surface area (Å²) in [6.45, 7) is 6.41. The predicted molar refractivity (Wildman–Crippen MR) is 111 cm³/mol. The van der Waals surface area contributed by atoms with Gasteiger partial charge in [-0.15, -0.1) is 0 Å². The van der Waals surface area contributed by atoms with Crippen molar-refractivity contribution < 1.29 is 9.53 Å². The summed E-state index contributed by atoms with van der Waals surface area (Å²) in [5.74, 6) is 2.60. The lowest BCUT2D eigenvalue weighted by molar-refractivity contribution is 0.0705. The van der Waals surface area contributed by atoms with Gasteiger partial charge >= 0.3 is 0 Å². The Morgan fingerprint density at radius 1 is 1.21 bits per heavy atom. The Labute approximate surface area is 165 Å². The lowest BCUT2D eigenvalue weighted by atomic mass is 9.96. The van der Waals surface area contributed by atoms with Crippen molar-refractivity contribution in [2.75, 3.05) is 19.7 Å². The second-order valence-corrected chi connectivity index (χ2v) is 7.96. The molecule has 1 amide bonds. The van der Waals surface area contributed by atoms with Crippen molar-refractivity contribution in [3.8, 4) is 5.75 Å². The molecule has 146 valence electrons. The molecule has 0 spiro atoms. The third-order valence-corrected chi connectivity index (χ3v) is 5.19. The van der Waals surface area contributed by atoms with Crippen LogP contribution in [0.25, 0.3) is 11.0 Å². The monoisotopic (exact) mass is 377 g/mol. The Morgan fingerprint density at radius 2 is 2.00 bits per heavy atom. The highest BCUT2D eigenvalue weighted by Gasteiger charge is 2.27. The summed E-state index contributed by atoms with van der Waals surface area (Å²) in [5.41, 5.74) is 2.75.